The molecule has 3 N–H and O–H groups in total. The van der Waals surface area contributed by atoms with E-state index in [0.717, 1.165) is 21.7 Å². The predicted octanol–water partition coefficient (Wildman–Crippen LogP) is 3.20. The average molecular weight is 501 g/mol. The highest BCUT2D eigenvalue weighted by molar-refractivity contribution is 7.13. The second-order valence-corrected chi connectivity index (χ2v) is 11.1. The van der Waals surface area contributed by atoms with Gasteiger partial charge in [-0.05, 0) is 29.9 Å². The Morgan fingerprint density at radius 1 is 1.20 bits per heavy atom. The lowest BCUT2D eigenvalue weighted by molar-refractivity contribution is -0.144. The van der Waals surface area contributed by atoms with Crippen LogP contribution in [0.2, 0.25) is 0 Å². The number of carbonyl (C=O) groups excluding carboxylic acids is 3. The van der Waals surface area contributed by atoms with Crippen LogP contribution in [0.5, 0.6) is 0 Å². The van der Waals surface area contributed by atoms with Gasteiger partial charge in [0.2, 0.25) is 17.7 Å². The number of carbonyl (C=O) groups is 3. The number of aryl methyl sites for hydroxylation is 1. The van der Waals surface area contributed by atoms with Gasteiger partial charge in [-0.2, -0.15) is 0 Å². The van der Waals surface area contributed by atoms with Crippen molar-refractivity contribution < 1.29 is 19.5 Å². The lowest BCUT2D eigenvalue weighted by Crippen LogP contribution is -2.57. The third-order valence-electron chi connectivity index (χ3n) is 6.37. The molecule has 3 amide bonds. The second kappa shape index (κ2) is 10.9. The Bertz CT molecular complexity index is 1060. The highest BCUT2D eigenvalue weighted by Gasteiger charge is 2.44. The van der Waals surface area contributed by atoms with Crippen LogP contribution in [0, 0.1) is 12.3 Å². The first-order valence-electron chi connectivity index (χ1n) is 12.0. The number of aromatic nitrogens is 1. The lowest BCUT2D eigenvalue weighted by atomic mass is 9.85. The van der Waals surface area contributed by atoms with Gasteiger partial charge < -0.3 is 20.6 Å². The maximum absolute atomic E-state index is 13.4. The fourth-order valence-corrected chi connectivity index (χ4v) is 5.27. The van der Waals surface area contributed by atoms with Gasteiger partial charge in [0.1, 0.15) is 12.1 Å². The molecule has 190 valence electrons. The van der Waals surface area contributed by atoms with Crippen molar-refractivity contribution in [3.63, 3.8) is 0 Å². The molecule has 4 atom stereocenters. The Morgan fingerprint density at radius 3 is 2.37 bits per heavy atom. The summed E-state index contributed by atoms with van der Waals surface area (Å²) >= 11 is 1.59. The Hall–Kier alpha value is -2.78. The van der Waals surface area contributed by atoms with Crippen molar-refractivity contribution in [1.29, 1.82) is 0 Å². The zero-order chi connectivity index (χ0) is 25.9. The van der Waals surface area contributed by atoms with Crippen LogP contribution in [0.1, 0.15) is 64.8 Å². The van der Waals surface area contributed by atoms with E-state index in [9.17, 15) is 19.5 Å². The van der Waals surface area contributed by atoms with Gasteiger partial charge in [-0.1, -0.05) is 52.0 Å². The highest BCUT2D eigenvalue weighted by Crippen LogP contribution is 2.30. The maximum Gasteiger partial charge on any atom is 0.246 e. The second-order valence-electron chi connectivity index (χ2n) is 10.3. The number of thiazole rings is 1. The molecule has 0 radical (unpaired) electrons. The Balaban J connectivity index is 1.76. The number of hydrogen-bond donors (Lipinski definition) is 3. The van der Waals surface area contributed by atoms with Crippen LogP contribution in [-0.2, 0) is 14.4 Å². The molecule has 8 nitrogen and oxygen atoms in total. The van der Waals surface area contributed by atoms with Crippen LogP contribution < -0.4 is 10.6 Å². The van der Waals surface area contributed by atoms with Crippen molar-refractivity contribution in [2.45, 2.75) is 78.6 Å². The topological polar surface area (TPSA) is 112 Å². The summed E-state index contributed by atoms with van der Waals surface area (Å²) in [6.45, 7) is 11.0. The normalized spacial score (nSPS) is 19.8. The van der Waals surface area contributed by atoms with Gasteiger partial charge in [-0.3, -0.25) is 14.4 Å². The van der Waals surface area contributed by atoms with Crippen LogP contribution in [0.15, 0.2) is 29.8 Å². The molecule has 1 unspecified atom stereocenters. The molecule has 9 heteroatoms. The van der Waals surface area contributed by atoms with Crippen molar-refractivity contribution in [3.8, 4) is 10.4 Å². The third kappa shape index (κ3) is 6.27. The van der Waals surface area contributed by atoms with E-state index < -0.39 is 23.6 Å². The zero-order valence-electron chi connectivity index (χ0n) is 21.3. The number of aliphatic hydroxyl groups is 1. The number of likely N-dealkylation sites (tertiary alicyclic amines) is 1. The summed E-state index contributed by atoms with van der Waals surface area (Å²) in [5.41, 5.74) is 4.31. The van der Waals surface area contributed by atoms with Crippen LogP contribution in [0.25, 0.3) is 10.4 Å². The number of amides is 3. The molecular weight excluding hydrogens is 464 g/mol. The zero-order valence-corrected chi connectivity index (χ0v) is 22.1. The van der Waals surface area contributed by atoms with Gasteiger partial charge in [0, 0.05) is 19.9 Å². The van der Waals surface area contributed by atoms with E-state index in [1.54, 1.807) is 11.3 Å². The maximum atomic E-state index is 13.4. The largest absolute Gasteiger partial charge is 0.391 e. The third-order valence-corrected chi connectivity index (χ3v) is 7.35. The quantitative estimate of drug-likeness (QED) is 0.541. The number of rotatable bonds is 7. The number of nitrogens with zero attached hydrogens (tertiary/aromatic N) is 2. The van der Waals surface area contributed by atoms with E-state index in [2.05, 4.69) is 15.6 Å². The van der Waals surface area contributed by atoms with E-state index in [4.69, 9.17) is 0 Å². The van der Waals surface area contributed by atoms with E-state index in [-0.39, 0.29) is 36.7 Å². The predicted molar refractivity (Wildman–Crippen MR) is 137 cm³/mol. The molecule has 0 aliphatic carbocycles. The van der Waals surface area contributed by atoms with Crippen molar-refractivity contribution in [2.24, 2.45) is 5.41 Å². The van der Waals surface area contributed by atoms with Gasteiger partial charge >= 0.3 is 0 Å². The molecule has 0 spiro atoms. The molecule has 1 aliphatic rings. The fourth-order valence-electron chi connectivity index (χ4n) is 4.46. The molecule has 1 aliphatic heterocycles. The van der Waals surface area contributed by atoms with Crippen molar-refractivity contribution >= 4 is 29.1 Å². The minimum absolute atomic E-state index is 0.0583. The van der Waals surface area contributed by atoms with Gasteiger partial charge in [-0.15, -0.1) is 11.3 Å². The average Bonchev–Trinajstić information content (AvgIpc) is 3.40. The monoisotopic (exact) mass is 500 g/mol. The molecule has 35 heavy (non-hydrogen) atoms. The Labute approximate surface area is 211 Å². The molecular formula is C26H36N4O4S. The summed E-state index contributed by atoms with van der Waals surface area (Å²) in [6, 6.07) is 6.23. The molecule has 1 fully saturated rings. The van der Waals surface area contributed by atoms with Crippen LogP contribution in [-0.4, -0.2) is 57.4 Å². The van der Waals surface area contributed by atoms with Crippen LogP contribution in [0.4, 0.5) is 0 Å². The minimum Gasteiger partial charge on any atom is -0.391 e. The summed E-state index contributed by atoms with van der Waals surface area (Å²) < 4.78 is 0. The highest BCUT2D eigenvalue weighted by atomic mass is 32.1. The number of hydrogen-bond acceptors (Lipinski definition) is 6. The minimum atomic E-state index is -0.802. The van der Waals surface area contributed by atoms with Gasteiger partial charge in [-0.25, -0.2) is 4.98 Å². The van der Waals surface area contributed by atoms with Crippen LogP contribution in [0.3, 0.4) is 0 Å². The van der Waals surface area contributed by atoms with E-state index in [1.807, 2.05) is 64.4 Å². The van der Waals surface area contributed by atoms with E-state index in [0.29, 0.717) is 6.42 Å². The van der Waals surface area contributed by atoms with Crippen molar-refractivity contribution in [2.75, 3.05) is 6.54 Å². The number of β-amino-alcohol motifs (C(OH)–C–C–N with tert-alkyl or cyclic N) is 1. The van der Waals surface area contributed by atoms with E-state index >= 15 is 0 Å². The summed E-state index contributed by atoms with van der Waals surface area (Å²) in [6.07, 6.45) is 0.0357. The van der Waals surface area contributed by atoms with Gasteiger partial charge in [0.05, 0.1) is 28.2 Å². The van der Waals surface area contributed by atoms with Crippen molar-refractivity contribution in [3.05, 3.63) is 41.0 Å². The molecule has 1 aromatic heterocycles. The van der Waals surface area contributed by atoms with E-state index in [1.165, 1.54) is 11.8 Å². The first kappa shape index (κ1) is 26.8. The van der Waals surface area contributed by atoms with Crippen LogP contribution >= 0.6 is 11.3 Å². The molecule has 1 aromatic carbocycles. The molecule has 0 bridgehead atoms. The molecule has 2 aromatic rings. The Morgan fingerprint density at radius 2 is 1.86 bits per heavy atom. The van der Waals surface area contributed by atoms with Crippen molar-refractivity contribution in [1.82, 2.24) is 20.5 Å². The Kier molecular flexibility index (Phi) is 8.33. The first-order valence-corrected chi connectivity index (χ1v) is 12.9. The smallest absolute Gasteiger partial charge is 0.246 e. The SMILES string of the molecule is CC[C@H](NC(=O)C1C[C@@H](O)CN1C(=O)[C@@H](NC(C)=O)C(C)(C)C)c1ccc(-c2scnc2C)cc1. The summed E-state index contributed by atoms with van der Waals surface area (Å²) in [7, 11) is 0. The number of aliphatic hydroxyl groups excluding tert-OH is 1. The number of nitrogens with one attached hydrogen (secondary N) is 2. The number of benzene rings is 1. The molecule has 1 saturated heterocycles. The first-order chi connectivity index (χ1) is 16.4. The standard InChI is InChI=1S/C26H36N4O4S/c1-7-20(17-8-10-18(11-9-17)22-15(2)27-14-35-22)29-24(33)21-12-19(32)13-30(21)25(34)23(26(4,5)6)28-16(3)31/h8-11,14,19-21,23,32H,7,12-13H2,1-6H3,(H,28,31)(H,29,33)/t19-,20+,21?,23-/m1/s1. The van der Waals surface area contributed by atoms with Gasteiger partial charge in [0.15, 0.2) is 0 Å². The summed E-state index contributed by atoms with van der Waals surface area (Å²) in [5, 5.41) is 16.1. The molecule has 2 heterocycles. The lowest BCUT2D eigenvalue weighted by Gasteiger charge is -2.35. The summed E-state index contributed by atoms with van der Waals surface area (Å²) in [4.78, 5) is 45.3. The molecule has 3 rings (SSSR count). The summed E-state index contributed by atoms with van der Waals surface area (Å²) in [5.74, 6) is -0.983. The fraction of sp³-hybridized carbons (Fsp3) is 0.538. The molecule has 0 saturated carbocycles. The van der Waals surface area contributed by atoms with Gasteiger partial charge in [0.25, 0.3) is 0 Å².